The van der Waals surface area contributed by atoms with Crippen LogP contribution in [0.25, 0.3) is 0 Å². The predicted molar refractivity (Wildman–Crippen MR) is 71.9 cm³/mol. The quantitative estimate of drug-likeness (QED) is 0.677. The van der Waals surface area contributed by atoms with Crippen molar-refractivity contribution in [1.29, 1.82) is 0 Å². The maximum atomic E-state index is 6.00. The summed E-state index contributed by atoms with van der Waals surface area (Å²) >= 11 is 12.0. The van der Waals surface area contributed by atoms with Crippen LogP contribution < -0.4 is 5.43 Å². The van der Waals surface area contributed by atoms with Crippen LogP contribution in [0, 0.1) is 0 Å². The molecule has 86 valence electrons. The van der Waals surface area contributed by atoms with E-state index in [2.05, 4.69) is 15.5 Å². The Hall–Kier alpha value is -1.58. The van der Waals surface area contributed by atoms with Crippen molar-refractivity contribution in [2.75, 3.05) is 5.43 Å². The average Bonchev–Trinajstić information content (AvgIpc) is 2.34. The topological polar surface area (TPSA) is 37.3 Å². The van der Waals surface area contributed by atoms with Gasteiger partial charge in [0.1, 0.15) is 0 Å². The summed E-state index contributed by atoms with van der Waals surface area (Å²) in [7, 11) is 0. The molecule has 0 saturated carbocycles. The van der Waals surface area contributed by atoms with E-state index in [1.54, 1.807) is 36.8 Å². The molecule has 0 saturated heterocycles. The van der Waals surface area contributed by atoms with E-state index in [1.165, 1.54) is 0 Å². The van der Waals surface area contributed by atoms with Gasteiger partial charge in [-0.25, -0.2) is 0 Å². The first-order valence-electron chi connectivity index (χ1n) is 4.90. The second-order valence-electron chi connectivity index (χ2n) is 3.25. The molecule has 0 aliphatic heterocycles. The first kappa shape index (κ1) is 11.9. The number of nitrogens with zero attached hydrogens (tertiary/aromatic N) is 2. The van der Waals surface area contributed by atoms with Crippen LogP contribution >= 0.6 is 23.2 Å². The second-order valence-corrected chi connectivity index (χ2v) is 4.06. The molecule has 0 bridgehead atoms. The summed E-state index contributed by atoms with van der Waals surface area (Å²) in [6.07, 6.45) is 4.95. The lowest BCUT2D eigenvalue weighted by Gasteiger charge is -2.01. The Morgan fingerprint density at radius 3 is 2.53 bits per heavy atom. The molecule has 0 aliphatic carbocycles. The fourth-order valence-electron chi connectivity index (χ4n) is 1.23. The average molecular weight is 266 g/mol. The summed E-state index contributed by atoms with van der Waals surface area (Å²) in [6, 6.07) is 8.99. The number of hydrogen-bond acceptors (Lipinski definition) is 3. The summed E-state index contributed by atoms with van der Waals surface area (Å²) in [5.41, 5.74) is 4.32. The van der Waals surface area contributed by atoms with Gasteiger partial charge >= 0.3 is 0 Å². The summed E-state index contributed by atoms with van der Waals surface area (Å²) in [4.78, 5) is 3.96. The van der Waals surface area contributed by atoms with Crippen LogP contribution in [0.1, 0.15) is 5.56 Å². The van der Waals surface area contributed by atoms with Crippen LogP contribution in [0.5, 0.6) is 0 Å². The van der Waals surface area contributed by atoms with Crippen molar-refractivity contribution < 1.29 is 0 Å². The van der Waals surface area contributed by atoms with Crippen molar-refractivity contribution in [1.82, 2.24) is 4.98 Å². The normalized spacial score (nSPS) is 10.7. The number of rotatable bonds is 3. The lowest BCUT2D eigenvalue weighted by molar-refractivity contribution is 1.27. The van der Waals surface area contributed by atoms with Gasteiger partial charge in [-0.05, 0) is 24.3 Å². The number of aromatic nitrogens is 1. The first-order chi connectivity index (χ1) is 8.27. The Kier molecular flexibility index (Phi) is 3.96. The van der Waals surface area contributed by atoms with E-state index < -0.39 is 0 Å². The highest BCUT2D eigenvalue weighted by Gasteiger charge is 2.01. The van der Waals surface area contributed by atoms with Crippen molar-refractivity contribution >= 4 is 35.1 Å². The molecule has 0 aliphatic rings. The lowest BCUT2D eigenvalue weighted by Crippen LogP contribution is -1.92. The molecule has 17 heavy (non-hydrogen) atoms. The van der Waals surface area contributed by atoms with Gasteiger partial charge in [0.25, 0.3) is 0 Å². The van der Waals surface area contributed by atoms with Crippen LogP contribution in [0.15, 0.2) is 47.8 Å². The third kappa shape index (κ3) is 3.19. The number of anilines is 1. The number of benzene rings is 1. The van der Waals surface area contributed by atoms with E-state index in [-0.39, 0.29) is 0 Å². The van der Waals surface area contributed by atoms with E-state index >= 15 is 0 Å². The molecule has 0 radical (unpaired) electrons. The fourth-order valence-corrected chi connectivity index (χ4v) is 1.73. The first-order valence-corrected chi connectivity index (χ1v) is 5.66. The number of halogens is 2. The number of pyridine rings is 1. The maximum absolute atomic E-state index is 6.00. The van der Waals surface area contributed by atoms with Crippen LogP contribution in [0.3, 0.4) is 0 Å². The monoisotopic (exact) mass is 265 g/mol. The van der Waals surface area contributed by atoms with Gasteiger partial charge < -0.3 is 0 Å². The Labute approximate surface area is 109 Å². The highest BCUT2D eigenvalue weighted by Crippen LogP contribution is 2.22. The van der Waals surface area contributed by atoms with Crippen molar-refractivity contribution in [2.24, 2.45) is 5.10 Å². The molecule has 1 aromatic carbocycles. The molecule has 2 rings (SSSR count). The standard InChI is InChI=1S/C12H9Cl2N3/c13-11-4-1-5-12(14)10(11)8-16-17-9-3-2-6-15-7-9/h1-8,17H/b16-8-. The molecule has 0 fully saturated rings. The zero-order valence-corrected chi connectivity index (χ0v) is 10.3. The van der Waals surface area contributed by atoms with E-state index in [1.807, 2.05) is 12.1 Å². The number of hydrogen-bond donors (Lipinski definition) is 1. The molecule has 5 heteroatoms. The van der Waals surface area contributed by atoms with Crippen LogP contribution in [0.4, 0.5) is 5.69 Å². The van der Waals surface area contributed by atoms with Gasteiger partial charge in [-0.2, -0.15) is 5.10 Å². The molecule has 0 spiro atoms. The van der Waals surface area contributed by atoms with Crippen molar-refractivity contribution in [3.05, 3.63) is 58.3 Å². The molecule has 0 unspecified atom stereocenters. The van der Waals surface area contributed by atoms with Gasteiger partial charge in [0, 0.05) is 11.8 Å². The highest BCUT2D eigenvalue weighted by atomic mass is 35.5. The minimum Gasteiger partial charge on any atom is -0.277 e. The Morgan fingerprint density at radius 2 is 1.88 bits per heavy atom. The fraction of sp³-hybridized carbons (Fsp3) is 0. The molecule has 1 heterocycles. The van der Waals surface area contributed by atoms with Crippen molar-refractivity contribution in [2.45, 2.75) is 0 Å². The largest absolute Gasteiger partial charge is 0.277 e. The Bertz CT molecular complexity index is 506. The smallest absolute Gasteiger partial charge is 0.0745 e. The SMILES string of the molecule is Clc1cccc(Cl)c1/C=N\Nc1cccnc1. The maximum Gasteiger partial charge on any atom is 0.0745 e. The molecular weight excluding hydrogens is 257 g/mol. The molecule has 2 aromatic rings. The second kappa shape index (κ2) is 5.66. The summed E-state index contributed by atoms with van der Waals surface area (Å²) in [5.74, 6) is 0. The van der Waals surface area contributed by atoms with Crippen LogP contribution in [-0.2, 0) is 0 Å². The zero-order chi connectivity index (χ0) is 12.1. The van der Waals surface area contributed by atoms with Crippen LogP contribution in [-0.4, -0.2) is 11.2 Å². The number of nitrogens with one attached hydrogen (secondary N) is 1. The molecule has 1 N–H and O–H groups in total. The van der Waals surface area contributed by atoms with Gasteiger partial charge in [0.05, 0.1) is 28.1 Å². The molecule has 1 aromatic heterocycles. The molecule has 0 amide bonds. The van der Waals surface area contributed by atoms with Crippen LogP contribution in [0.2, 0.25) is 10.0 Å². The van der Waals surface area contributed by atoms with E-state index in [9.17, 15) is 0 Å². The minimum absolute atomic E-state index is 0.564. The number of hydrazone groups is 1. The molecule has 0 atom stereocenters. The minimum atomic E-state index is 0.564. The summed E-state index contributed by atoms with van der Waals surface area (Å²) < 4.78 is 0. The van der Waals surface area contributed by atoms with E-state index in [4.69, 9.17) is 23.2 Å². The summed E-state index contributed by atoms with van der Waals surface area (Å²) in [5, 5.41) is 5.18. The van der Waals surface area contributed by atoms with Gasteiger partial charge in [-0.1, -0.05) is 29.3 Å². The Morgan fingerprint density at radius 1 is 1.12 bits per heavy atom. The van der Waals surface area contributed by atoms with Gasteiger partial charge in [-0.15, -0.1) is 0 Å². The van der Waals surface area contributed by atoms with Gasteiger partial charge in [-0.3, -0.25) is 10.4 Å². The molecule has 3 nitrogen and oxygen atoms in total. The Balaban J connectivity index is 2.11. The van der Waals surface area contributed by atoms with Crippen molar-refractivity contribution in [3.63, 3.8) is 0 Å². The molecular formula is C12H9Cl2N3. The van der Waals surface area contributed by atoms with E-state index in [0.717, 1.165) is 5.69 Å². The third-order valence-corrected chi connectivity index (χ3v) is 2.71. The highest BCUT2D eigenvalue weighted by molar-refractivity contribution is 6.38. The van der Waals surface area contributed by atoms with Crippen molar-refractivity contribution in [3.8, 4) is 0 Å². The van der Waals surface area contributed by atoms with E-state index in [0.29, 0.717) is 15.6 Å². The van der Waals surface area contributed by atoms with Gasteiger partial charge in [0.2, 0.25) is 0 Å². The summed E-state index contributed by atoms with van der Waals surface area (Å²) in [6.45, 7) is 0. The zero-order valence-electron chi connectivity index (χ0n) is 8.77. The predicted octanol–water partition coefficient (Wildman–Crippen LogP) is 3.83. The van der Waals surface area contributed by atoms with Gasteiger partial charge in [0.15, 0.2) is 0 Å². The third-order valence-electron chi connectivity index (χ3n) is 2.05. The lowest BCUT2D eigenvalue weighted by atomic mass is 10.2.